The molecule has 2 fully saturated rings. The number of methoxy groups -OCH3 is 1. The number of rotatable bonds is 8. The fourth-order valence-corrected chi connectivity index (χ4v) is 4.77. The van der Waals surface area contributed by atoms with E-state index in [1.54, 1.807) is 0 Å². The molecule has 0 aromatic rings. The standard InChI is InChI=1S/C20H38O2/c1-4-6-7-17-12-14-20(21-3,15-13-17)18-8-10-19(11-9-18)22-16-5-2/h17-19H,4-16H2,1-3H3. The first-order chi connectivity index (χ1) is 10.7. The maximum atomic E-state index is 6.15. The quantitative estimate of drug-likeness (QED) is 0.569. The van der Waals surface area contributed by atoms with Crippen LogP contribution in [0.5, 0.6) is 0 Å². The first-order valence-corrected chi connectivity index (χ1v) is 9.90. The zero-order valence-electron chi connectivity index (χ0n) is 15.2. The average Bonchev–Trinajstić information content (AvgIpc) is 2.59. The van der Waals surface area contributed by atoms with Gasteiger partial charge in [0.25, 0.3) is 0 Å². The molecule has 0 atom stereocenters. The van der Waals surface area contributed by atoms with Crippen LogP contribution in [0.3, 0.4) is 0 Å². The van der Waals surface area contributed by atoms with E-state index < -0.39 is 0 Å². The second-order valence-corrected chi connectivity index (χ2v) is 7.70. The summed E-state index contributed by atoms with van der Waals surface area (Å²) >= 11 is 0. The molecule has 2 saturated carbocycles. The summed E-state index contributed by atoms with van der Waals surface area (Å²) in [4.78, 5) is 0. The van der Waals surface area contributed by atoms with Crippen molar-refractivity contribution in [2.45, 2.75) is 103 Å². The predicted octanol–water partition coefficient (Wildman–Crippen LogP) is 5.74. The Balaban J connectivity index is 1.80. The molecule has 0 N–H and O–H groups in total. The second kappa shape index (κ2) is 9.27. The second-order valence-electron chi connectivity index (χ2n) is 7.70. The Bertz CT molecular complexity index is 286. The van der Waals surface area contributed by atoms with Crippen LogP contribution in [0.15, 0.2) is 0 Å². The van der Waals surface area contributed by atoms with E-state index in [-0.39, 0.29) is 5.60 Å². The summed E-state index contributed by atoms with van der Waals surface area (Å²) < 4.78 is 12.1. The highest BCUT2D eigenvalue weighted by atomic mass is 16.5. The molecule has 0 spiro atoms. The number of hydrogen-bond acceptors (Lipinski definition) is 2. The third-order valence-electron chi connectivity index (χ3n) is 6.30. The fourth-order valence-electron chi connectivity index (χ4n) is 4.77. The highest BCUT2D eigenvalue weighted by Crippen LogP contribution is 2.46. The number of ether oxygens (including phenoxy) is 2. The molecule has 2 heteroatoms. The van der Waals surface area contributed by atoms with Crippen molar-refractivity contribution in [3.63, 3.8) is 0 Å². The van der Waals surface area contributed by atoms with Gasteiger partial charge >= 0.3 is 0 Å². The Morgan fingerprint density at radius 1 is 0.909 bits per heavy atom. The molecular weight excluding hydrogens is 272 g/mol. The van der Waals surface area contributed by atoms with Gasteiger partial charge in [0.1, 0.15) is 0 Å². The lowest BCUT2D eigenvalue weighted by molar-refractivity contribution is -0.113. The van der Waals surface area contributed by atoms with Crippen molar-refractivity contribution in [3.05, 3.63) is 0 Å². The average molecular weight is 311 g/mol. The van der Waals surface area contributed by atoms with E-state index in [1.165, 1.54) is 70.6 Å². The maximum Gasteiger partial charge on any atom is 0.0707 e. The summed E-state index contributed by atoms with van der Waals surface area (Å²) in [5.74, 6) is 1.73. The first-order valence-electron chi connectivity index (χ1n) is 9.90. The number of hydrogen-bond donors (Lipinski definition) is 0. The summed E-state index contributed by atoms with van der Waals surface area (Å²) in [6.07, 6.45) is 16.3. The van der Waals surface area contributed by atoms with E-state index in [1.807, 2.05) is 7.11 Å². The minimum atomic E-state index is 0.193. The zero-order valence-corrected chi connectivity index (χ0v) is 15.2. The molecule has 130 valence electrons. The van der Waals surface area contributed by atoms with Gasteiger partial charge in [-0.15, -0.1) is 0 Å². The molecule has 0 bridgehead atoms. The van der Waals surface area contributed by atoms with E-state index in [4.69, 9.17) is 9.47 Å². The predicted molar refractivity (Wildman–Crippen MR) is 93.2 cm³/mol. The maximum absolute atomic E-state index is 6.15. The highest BCUT2D eigenvalue weighted by molar-refractivity contribution is 4.95. The van der Waals surface area contributed by atoms with Crippen molar-refractivity contribution in [2.75, 3.05) is 13.7 Å². The molecule has 0 radical (unpaired) electrons. The van der Waals surface area contributed by atoms with E-state index in [9.17, 15) is 0 Å². The van der Waals surface area contributed by atoms with Gasteiger partial charge in [0.05, 0.1) is 11.7 Å². The van der Waals surface area contributed by atoms with E-state index in [0.717, 1.165) is 24.9 Å². The van der Waals surface area contributed by atoms with Gasteiger partial charge < -0.3 is 9.47 Å². The molecule has 0 unspecified atom stereocenters. The lowest BCUT2D eigenvalue weighted by Gasteiger charge is -2.47. The molecule has 0 saturated heterocycles. The Hall–Kier alpha value is -0.0800. The Morgan fingerprint density at radius 2 is 1.59 bits per heavy atom. The van der Waals surface area contributed by atoms with Gasteiger partial charge in [0.15, 0.2) is 0 Å². The smallest absolute Gasteiger partial charge is 0.0707 e. The van der Waals surface area contributed by atoms with Gasteiger partial charge in [-0.25, -0.2) is 0 Å². The lowest BCUT2D eigenvalue weighted by Crippen LogP contribution is -2.45. The van der Waals surface area contributed by atoms with Gasteiger partial charge in [-0.1, -0.05) is 33.1 Å². The summed E-state index contributed by atoms with van der Waals surface area (Å²) in [5.41, 5.74) is 0.193. The van der Waals surface area contributed by atoms with E-state index in [0.29, 0.717) is 6.10 Å². The van der Waals surface area contributed by atoms with Crippen molar-refractivity contribution >= 4 is 0 Å². The Kier molecular flexibility index (Phi) is 7.70. The van der Waals surface area contributed by atoms with E-state index >= 15 is 0 Å². The lowest BCUT2D eigenvalue weighted by atomic mass is 9.66. The Labute approximate surface area is 138 Å². The zero-order chi connectivity index (χ0) is 15.8. The van der Waals surface area contributed by atoms with E-state index in [2.05, 4.69) is 13.8 Å². The molecule has 0 aliphatic heterocycles. The van der Waals surface area contributed by atoms with Crippen LogP contribution in [0.25, 0.3) is 0 Å². The largest absolute Gasteiger partial charge is 0.378 e. The van der Waals surface area contributed by atoms with Crippen LogP contribution >= 0.6 is 0 Å². The topological polar surface area (TPSA) is 18.5 Å². The van der Waals surface area contributed by atoms with Gasteiger partial charge in [0.2, 0.25) is 0 Å². The van der Waals surface area contributed by atoms with Crippen molar-refractivity contribution in [1.82, 2.24) is 0 Å². The van der Waals surface area contributed by atoms with Gasteiger partial charge in [-0.2, -0.15) is 0 Å². The molecule has 22 heavy (non-hydrogen) atoms. The molecule has 0 heterocycles. The van der Waals surface area contributed by atoms with Gasteiger partial charge in [-0.3, -0.25) is 0 Å². The van der Waals surface area contributed by atoms with Crippen molar-refractivity contribution in [1.29, 1.82) is 0 Å². The molecule has 2 rings (SSSR count). The third-order valence-corrected chi connectivity index (χ3v) is 6.30. The minimum absolute atomic E-state index is 0.193. The summed E-state index contributed by atoms with van der Waals surface area (Å²) in [7, 11) is 1.96. The molecule has 2 nitrogen and oxygen atoms in total. The van der Waals surface area contributed by atoms with Crippen molar-refractivity contribution in [2.24, 2.45) is 11.8 Å². The van der Waals surface area contributed by atoms with Crippen LogP contribution in [-0.2, 0) is 9.47 Å². The molecule has 0 aromatic heterocycles. The fraction of sp³-hybridized carbons (Fsp3) is 1.00. The number of unbranched alkanes of at least 4 members (excludes halogenated alkanes) is 1. The van der Waals surface area contributed by atoms with Gasteiger partial charge in [-0.05, 0) is 69.6 Å². The van der Waals surface area contributed by atoms with Crippen LogP contribution in [-0.4, -0.2) is 25.4 Å². The third kappa shape index (κ3) is 4.71. The molecule has 2 aliphatic rings. The Morgan fingerprint density at radius 3 is 2.14 bits per heavy atom. The minimum Gasteiger partial charge on any atom is -0.378 e. The molecule has 2 aliphatic carbocycles. The summed E-state index contributed by atoms with van der Waals surface area (Å²) in [5, 5.41) is 0. The summed E-state index contributed by atoms with van der Waals surface area (Å²) in [6, 6.07) is 0. The van der Waals surface area contributed by atoms with Crippen LogP contribution in [0.1, 0.15) is 90.9 Å². The van der Waals surface area contributed by atoms with Crippen LogP contribution in [0.4, 0.5) is 0 Å². The van der Waals surface area contributed by atoms with Crippen LogP contribution in [0.2, 0.25) is 0 Å². The van der Waals surface area contributed by atoms with Crippen LogP contribution in [0, 0.1) is 11.8 Å². The van der Waals surface area contributed by atoms with Crippen molar-refractivity contribution < 1.29 is 9.47 Å². The molecular formula is C20H38O2. The van der Waals surface area contributed by atoms with Crippen molar-refractivity contribution in [3.8, 4) is 0 Å². The summed E-state index contributed by atoms with van der Waals surface area (Å²) in [6.45, 7) is 5.44. The molecule has 0 amide bonds. The first kappa shape index (κ1) is 18.3. The normalized spacial score (nSPS) is 36.4. The molecule has 0 aromatic carbocycles. The highest BCUT2D eigenvalue weighted by Gasteiger charge is 2.43. The van der Waals surface area contributed by atoms with Gasteiger partial charge in [0, 0.05) is 13.7 Å². The SMILES string of the molecule is CCCCC1CCC(OC)(C2CCC(OCCC)CC2)CC1. The van der Waals surface area contributed by atoms with Crippen LogP contribution < -0.4 is 0 Å². The monoisotopic (exact) mass is 310 g/mol.